The quantitative estimate of drug-likeness (QED) is 0.804. The second kappa shape index (κ2) is 7.29. The predicted molar refractivity (Wildman–Crippen MR) is 93.0 cm³/mol. The van der Waals surface area contributed by atoms with Crippen molar-refractivity contribution >= 4 is 23.6 Å². The van der Waals surface area contributed by atoms with E-state index in [9.17, 15) is 4.79 Å². The van der Waals surface area contributed by atoms with E-state index in [1.807, 2.05) is 16.7 Å². The number of hydrogen-bond donors (Lipinski definition) is 1. The Bertz CT molecular complexity index is 677. The van der Waals surface area contributed by atoms with Gasteiger partial charge in [0.15, 0.2) is 5.16 Å². The maximum Gasteiger partial charge on any atom is 0.230 e. The Morgan fingerprint density at radius 1 is 1.46 bits per heavy atom. The van der Waals surface area contributed by atoms with E-state index >= 15 is 0 Å². The lowest BCUT2D eigenvalue weighted by atomic mass is 10.00. The van der Waals surface area contributed by atoms with Gasteiger partial charge in [-0.3, -0.25) is 9.36 Å². The molecule has 1 atom stereocenters. The van der Waals surface area contributed by atoms with Crippen molar-refractivity contribution in [2.75, 3.05) is 18.0 Å². The Balaban J connectivity index is 1.87. The van der Waals surface area contributed by atoms with Gasteiger partial charge in [-0.2, -0.15) is 0 Å². The number of hydrogen-bond acceptors (Lipinski definition) is 6. The minimum absolute atomic E-state index is 0.360. The van der Waals surface area contributed by atoms with Crippen molar-refractivity contribution in [2.45, 2.75) is 43.6 Å². The first kappa shape index (κ1) is 16.9. The van der Waals surface area contributed by atoms with Crippen molar-refractivity contribution in [2.24, 2.45) is 11.7 Å². The van der Waals surface area contributed by atoms with Crippen molar-refractivity contribution < 1.29 is 9.21 Å². The molecule has 0 aromatic carbocycles. The van der Waals surface area contributed by atoms with Gasteiger partial charge in [-0.05, 0) is 37.8 Å². The normalized spacial score (nSPS) is 17.2. The third-order valence-corrected chi connectivity index (χ3v) is 5.44. The van der Waals surface area contributed by atoms with Gasteiger partial charge >= 0.3 is 0 Å². The largest absolute Gasteiger partial charge is 0.467 e. The van der Waals surface area contributed by atoms with Gasteiger partial charge < -0.3 is 15.1 Å². The van der Waals surface area contributed by atoms with Crippen molar-refractivity contribution in [1.82, 2.24) is 14.8 Å². The predicted octanol–water partition coefficient (Wildman–Crippen LogP) is 2.12. The number of thioether (sulfide) groups is 1. The van der Waals surface area contributed by atoms with E-state index in [0.29, 0.717) is 11.7 Å². The SMILES string of the molecule is CC1CCN(c2nnc(S[C@H](C)C(N)=O)n2Cc2ccco2)CC1. The monoisotopic (exact) mass is 349 g/mol. The van der Waals surface area contributed by atoms with Crippen molar-refractivity contribution in [3.05, 3.63) is 24.2 Å². The summed E-state index contributed by atoms with van der Waals surface area (Å²) >= 11 is 1.33. The number of carbonyl (C=O) groups excluding carboxylic acids is 1. The van der Waals surface area contributed by atoms with E-state index in [-0.39, 0.29) is 11.2 Å². The second-order valence-electron chi connectivity index (χ2n) is 6.28. The van der Waals surface area contributed by atoms with Crippen LogP contribution in [0.15, 0.2) is 28.0 Å². The zero-order chi connectivity index (χ0) is 17.1. The topological polar surface area (TPSA) is 90.2 Å². The molecule has 0 radical (unpaired) electrons. The standard InChI is InChI=1S/C16H23N5O2S/c1-11-5-7-20(8-6-11)15-18-19-16(24-12(2)14(17)22)21(15)10-13-4-3-9-23-13/h3-4,9,11-12H,5-8,10H2,1-2H3,(H2,17,22)/t12-/m1/s1. The summed E-state index contributed by atoms with van der Waals surface area (Å²) in [5.74, 6) is 2.04. The number of furan rings is 1. The third kappa shape index (κ3) is 3.75. The van der Waals surface area contributed by atoms with Crippen LogP contribution in [0.1, 0.15) is 32.4 Å². The maximum absolute atomic E-state index is 11.4. The fraction of sp³-hybridized carbons (Fsp3) is 0.562. The van der Waals surface area contributed by atoms with E-state index in [2.05, 4.69) is 22.0 Å². The molecule has 130 valence electrons. The minimum Gasteiger partial charge on any atom is -0.467 e. The summed E-state index contributed by atoms with van der Waals surface area (Å²) in [5, 5.41) is 9.00. The van der Waals surface area contributed by atoms with Gasteiger partial charge in [-0.15, -0.1) is 10.2 Å². The van der Waals surface area contributed by atoms with Crippen molar-refractivity contribution in [3.63, 3.8) is 0 Å². The van der Waals surface area contributed by atoms with Crippen LogP contribution in [0.3, 0.4) is 0 Å². The van der Waals surface area contributed by atoms with Crippen LogP contribution in [0.4, 0.5) is 5.95 Å². The molecule has 2 aromatic rings. The zero-order valence-electron chi connectivity index (χ0n) is 14.0. The van der Waals surface area contributed by atoms with E-state index in [1.165, 1.54) is 11.8 Å². The van der Waals surface area contributed by atoms with Crippen molar-refractivity contribution in [1.29, 1.82) is 0 Å². The summed E-state index contributed by atoms with van der Waals surface area (Å²) in [5.41, 5.74) is 5.39. The molecular weight excluding hydrogens is 326 g/mol. The molecule has 1 saturated heterocycles. The molecule has 0 bridgehead atoms. The van der Waals surface area contributed by atoms with Crippen LogP contribution < -0.4 is 10.6 Å². The molecule has 3 heterocycles. The number of nitrogens with zero attached hydrogens (tertiary/aromatic N) is 4. The summed E-state index contributed by atoms with van der Waals surface area (Å²) in [7, 11) is 0. The molecule has 0 spiro atoms. The molecule has 1 aliphatic heterocycles. The lowest BCUT2D eigenvalue weighted by Crippen LogP contribution is -2.35. The lowest BCUT2D eigenvalue weighted by Gasteiger charge is -2.31. The number of amides is 1. The Morgan fingerprint density at radius 3 is 2.83 bits per heavy atom. The van der Waals surface area contributed by atoms with Gasteiger partial charge in [0, 0.05) is 13.1 Å². The number of primary amides is 1. The summed E-state index contributed by atoms with van der Waals surface area (Å²) in [4.78, 5) is 13.7. The highest BCUT2D eigenvalue weighted by Gasteiger charge is 2.25. The first-order valence-electron chi connectivity index (χ1n) is 8.21. The molecule has 0 unspecified atom stereocenters. The van der Waals surface area contributed by atoms with E-state index in [4.69, 9.17) is 10.2 Å². The fourth-order valence-electron chi connectivity index (χ4n) is 2.72. The molecule has 2 aromatic heterocycles. The van der Waals surface area contributed by atoms with E-state index in [1.54, 1.807) is 13.2 Å². The first-order chi connectivity index (χ1) is 11.5. The Hall–Kier alpha value is -1.96. The van der Waals surface area contributed by atoms with Gasteiger partial charge in [-0.25, -0.2) is 0 Å². The fourth-order valence-corrected chi connectivity index (χ4v) is 3.52. The number of aromatic nitrogens is 3. The Morgan fingerprint density at radius 2 is 2.21 bits per heavy atom. The number of anilines is 1. The van der Waals surface area contributed by atoms with Crippen LogP contribution in [0, 0.1) is 5.92 Å². The van der Waals surface area contributed by atoms with Crippen LogP contribution in [-0.2, 0) is 11.3 Å². The molecule has 0 saturated carbocycles. The van der Waals surface area contributed by atoms with Crippen LogP contribution in [0.2, 0.25) is 0 Å². The number of nitrogens with two attached hydrogens (primary N) is 1. The van der Waals surface area contributed by atoms with Crippen LogP contribution >= 0.6 is 11.8 Å². The lowest BCUT2D eigenvalue weighted by molar-refractivity contribution is -0.117. The molecule has 8 heteroatoms. The highest BCUT2D eigenvalue weighted by Crippen LogP contribution is 2.28. The van der Waals surface area contributed by atoms with Gasteiger partial charge in [0.1, 0.15) is 5.76 Å². The number of piperidine rings is 1. The molecule has 24 heavy (non-hydrogen) atoms. The number of carbonyl (C=O) groups is 1. The molecular formula is C16H23N5O2S. The molecule has 0 aliphatic carbocycles. The van der Waals surface area contributed by atoms with Gasteiger partial charge in [-0.1, -0.05) is 18.7 Å². The average molecular weight is 349 g/mol. The maximum atomic E-state index is 11.4. The third-order valence-electron chi connectivity index (χ3n) is 4.34. The molecule has 7 nitrogen and oxygen atoms in total. The van der Waals surface area contributed by atoms with Crippen LogP contribution in [-0.4, -0.2) is 39.0 Å². The molecule has 1 amide bonds. The highest BCUT2D eigenvalue weighted by molar-refractivity contribution is 8.00. The van der Waals surface area contributed by atoms with Gasteiger partial charge in [0.25, 0.3) is 0 Å². The van der Waals surface area contributed by atoms with Gasteiger partial charge in [0.2, 0.25) is 11.9 Å². The van der Waals surface area contributed by atoms with Crippen LogP contribution in [0.5, 0.6) is 0 Å². The summed E-state index contributed by atoms with van der Waals surface area (Å²) in [6.45, 7) is 6.53. The Kier molecular flexibility index (Phi) is 5.13. The minimum atomic E-state index is -0.362. The molecule has 1 fully saturated rings. The second-order valence-corrected chi connectivity index (χ2v) is 7.59. The van der Waals surface area contributed by atoms with Crippen LogP contribution in [0.25, 0.3) is 0 Å². The van der Waals surface area contributed by atoms with E-state index in [0.717, 1.165) is 43.6 Å². The van der Waals surface area contributed by atoms with Crippen molar-refractivity contribution in [3.8, 4) is 0 Å². The molecule has 2 N–H and O–H groups in total. The summed E-state index contributed by atoms with van der Waals surface area (Å²) in [6.07, 6.45) is 3.95. The summed E-state index contributed by atoms with van der Waals surface area (Å²) in [6, 6.07) is 3.79. The molecule has 3 rings (SSSR count). The first-order valence-corrected chi connectivity index (χ1v) is 9.09. The Labute approximate surface area is 145 Å². The highest BCUT2D eigenvalue weighted by atomic mass is 32.2. The summed E-state index contributed by atoms with van der Waals surface area (Å²) < 4.78 is 7.49. The van der Waals surface area contributed by atoms with E-state index < -0.39 is 0 Å². The number of rotatable bonds is 6. The zero-order valence-corrected chi connectivity index (χ0v) is 14.8. The van der Waals surface area contributed by atoms with Gasteiger partial charge in [0.05, 0.1) is 18.1 Å². The average Bonchev–Trinajstić information content (AvgIpc) is 3.19. The molecule has 1 aliphatic rings. The smallest absolute Gasteiger partial charge is 0.230 e.